The van der Waals surface area contributed by atoms with Gasteiger partial charge in [-0.05, 0) is 18.6 Å². The van der Waals surface area contributed by atoms with E-state index in [-0.39, 0.29) is 5.91 Å². The average molecular weight is 344 g/mol. The zero-order valence-electron chi connectivity index (χ0n) is 14.5. The lowest BCUT2D eigenvalue weighted by molar-refractivity contribution is 0.0714. The molecule has 2 aromatic rings. The van der Waals surface area contributed by atoms with E-state index in [4.69, 9.17) is 4.42 Å². The normalized spacial score (nSPS) is 14.6. The molecule has 0 saturated carbocycles. The number of aromatic nitrogens is 3. The van der Waals surface area contributed by atoms with E-state index in [0.29, 0.717) is 37.9 Å². The Kier molecular flexibility index (Phi) is 5.81. The fraction of sp³-hybridized carbons (Fsp3) is 0.529. The third-order valence-corrected chi connectivity index (χ3v) is 4.22. The quantitative estimate of drug-likeness (QED) is 0.769. The van der Waals surface area contributed by atoms with Gasteiger partial charge in [0, 0.05) is 32.7 Å². The van der Waals surface area contributed by atoms with E-state index in [1.54, 1.807) is 23.2 Å². The second-order valence-electron chi connectivity index (χ2n) is 6.03. The Morgan fingerprint density at radius 2 is 2.12 bits per heavy atom. The Morgan fingerprint density at radius 3 is 2.84 bits per heavy atom. The summed E-state index contributed by atoms with van der Waals surface area (Å²) >= 11 is 0. The summed E-state index contributed by atoms with van der Waals surface area (Å²) in [5, 5.41) is 11.5. The molecule has 0 aliphatic carbocycles. The third kappa shape index (κ3) is 4.46. The molecule has 8 heteroatoms. The minimum absolute atomic E-state index is 0.0740. The number of amides is 1. The van der Waals surface area contributed by atoms with Crippen LogP contribution in [0, 0.1) is 0 Å². The lowest BCUT2D eigenvalue weighted by atomic mass is 10.2. The zero-order valence-corrected chi connectivity index (χ0v) is 14.5. The average Bonchev–Trinajstić information content (AvgIpc) is 3.20. The minimum Gasteiger partial charge on any atom is -0.459 e. The summed E-state index contributed by atoms with van der Waals surface area (Å²) < 4.78 is 5.18. The number of piperazine rings is 1. The molecule has 134 valence electrons. The van der Waals surface area contributed by atoms with Gasteiger partial charge in [0.05, 0.1) is 12.5 Å². The van der Waals surface area contributed by atoms with Crippen LogP contribution in [0.25, 0.3) is 0 Å². The van der Waals surface area contributed by atoms with Gasteiger partial charge in [-0.3, -0.25) is 4.79 Å². The molecule has 1 fully saturated rings. The van der Waals surface area contributed by atoms with Crippen molar-refractivity contribution in [3.63, 3.8) is 0 Å². The highest BCUT2D eigenvalue weighted by Crippen LogP contribution is 2.14. The van der Waals surface area contributed by atoms with E-state index in [9.17, 15) is 4.79 Å². The molecule has 3 rings (SSSR count). The van der Waals surface area contributed by atoms with Gasteiger partial charge in [-0.2, -0.15) is 10.1 Å². The Bertz CT molecular complexity index is 668. The van der Waals surface area contributed by atoms with Gasteiger partial charge in [0.2, 0.25) is 5.95 Å². The van der Waals surface area contributed by atoms with E-state index < -0.39 is 0 Å². The molecule has 2 aromatic heterocycles. The topological polar surface area (TPSA) is 87.4 Å². The van der Waals surface area contributed by atoms with Gasteiger partial charge in [-0.25, -0.2) is 0 Å². The molecule has 1 amide bonds. The highest BCUT2D eigenvalue weighted by atomic mass is 16.3. The highest BCUT2D eigenvalue weighted by Gasteiger charge is 2.25. The number of hydrogen-bond acceptors (Lipinski definition) is 7. The molecular formula is C17H24N6O2. The maximum Gasteiger partial charge on any atom is 0.289 e. The van der Waals surface area contributed by atoms with Gasteiger partial charge >= 0.3 is 0 Å². The van der Waals surface area contributed by atoms with Crippen LogP contribution in [-0.4, -0.2) is 58.7 Å². The van der Waals surface area contributed by atoms with E-state index in [2.05, 4.69) is 32.3 Å². The Labute approximate surface area is 147 Å². The standard InChI is InChI=1S/C17H24N6O2/c1-2-3-4-7-18-15-13-19-21-17(20-15)23-10-8-22(9-11-23)16(24)14-6-5-12-25-14/h5-6,12-13H,2-4,7-11H2,1H3,(H,18,20,21). The number of nitrogens with one attached hydrogen (secondary N) is 1. The Morgan fingerprint density at radius 1 is 1.28 bits per heavy atom. The molecule has 1 aliphatic rings. The van der Waals surface area contributed by atoms with Crippen LogP contribution in [0.4, 0.5) is 11.8 Å². The first-order valence-corrected chi connectivity index (χ1v) is 8.79. The monoisotopic (exact) mass is 344 g/mol. The third-order valence-electron chi connectivity index (χ3n) is 4.22. The van der Waals surface area contributed by atoms with Crippen molar-refractivity contribution >= 4 is 17.7 Å². The molecular weight excluding hydrogens is 320 g/mol. The number of anilines is 2. The summed E-state index contributed by atoms with van der Waals surface area (Å²) in [5.41, 5.74) is 0. The van der Waals surface area contributed by atoms with Crippen molar-refractivity contribution in [1.82, 2.24) is 20.1 Å². The molecule has 3 heterocycles. The van der Waals surface area contributed by atoms with Crippen LogP contribution in [-0.2, 0) is 0 Å². The first kappa shape index (κ1) is 17.2. The summed E-state index contributed by atoms with van der Waals surface area (Å²) in [6, 6.07) is 3.41. The summed E-state index contributed by atoms with van der Waals surface area (Å²) in [7, 11) is 0. The molecule has 8 nitrogen and oxygen atoms in total. The SMILES string of the molecule is CCCCCNc1cnnc(N2CCN(C(=O)c3ccco3)CC2)n1. The van der Waals surface area contributed by atoms with Crippen LogP contribution >= 0.6 is 0 Å². The lowest BCUT2D eigenvalue weighted by Gasteiger charge is -2.34. The van der Waals surface area contributed by atoms with E-state index in [0.717, 1.165) is 18.8 Å². The van der Waals surface area contributed by atoms with Gasteiger partial charge in [-0.1, -0.05) is 19.8 Å². The number of nitrogens with zero attached hydrogens (tertiary/aromatic N) is 5. The number of unbranched alkanes of at least 4 members (excludes halogenated alkanes) is 2. The molecule has 1 N–H and O–H groups in total. The number of hydrogen-bond donors (Lipinski definition) is 1. The van der Waals surface area contributed by atoms with Crippen LogP contribution in [0.15, 0.2) is 29.0 Å². The van der Waals surface area contributed by atoms with Crippen molar-refractivity contribution < 1.29 is 9.21 Å². The smallest absolute Gasteiger partial charge is 0.289 e. The number of furan rings is 1. The zero-order chi connectivity index (χ0) is 17.5. The minimum atomic E-state index is -0.0740. The lowest BCUT2D eigenvalue weighted by Crippen LogP contribution is -2.49. The highest BCUT2D eigenvalue weighted by molar-refractivity contribution is 5.91. The fourth-order valence-corrected chi connectivity index (χ4v) is 2.77. The van der Waals surface area contributed by atoms with E-state index >= 15 is 0 Å². The van der Waals surface area contributed by atoms with Crippen molar-refractivity contribution in [2.45, 2.75) is 26.2 Å². The van der Waals surface area contributed by atoms with Crippen LogP contribution in [0.5, 0.6) is 0 Å². The van der Waals surface area contributed by atoms with Crippen LogP contribution in [0.1, 0.15) is 36.7 Å². The van der Waals surface area contributed by atoms with Gasteiger partial charge in [0.25, 0.3) is 5.91 Å². The first-order chi connectivity index (χ1) is 12.3. The Hall–Kier alpha value is -2.64. The van der Waals surface area contributed by atoms with Gasteiger partial charge in [-0.15, -0.1) is 5.10 Å². The maximum absolute atomic E-state index is 12.3. The van der Waals surface area contributed by atoms with E-state index in [1.807, 2.05) is 0 Å². The second kappa shape index (κ2) is 8.46. The molecule has 1 aliphatic heterocycles. The molecule has 25 heavy (non-hydrogen) atoms. The molecule has 1 saturated heterocycles. The fourth-order valence-electron chi connectivity index (χ4n) is 2.77. The van der Waals surface area contributed by atoms with Crippen LogP contribution < -0.4 is 10.2 Å². The number of carbonyl (C=O) groups excluding carboxylic acids is 1. The molecule has 0 bridgehead atoms. The van der Waals surface area contributed by atoms with Gasteiger partial charge in [0.1, 0.15) is 0 Å². The van der Waals surface area contributed by atoms with Crippen molar-refractivity contribution in [1.29, 1.82) is 0 Å². The van der Waals surface area contributed by atoms with Gasteiger partial charge in [0.15, 0.2) is 11.6 Å². The first-order valence-electron chi connectivity index (χ1n) is 8.79. The Balaban J connectivity index is 1.53. The predicted octanol–water partition coefficient (Wildman–Crippen LogP) is 2.03. The van der Waals surface area contributed by atoms with Crippen molar-refractivity contribution in [2.24, 2.45) is 0 Å². The van der Waals surface area contributed by atoms with Crippen LogP contribution in [0.2, 0.25) is 0 Å². The van der Waals surface area contributed by atoms with Crippen molar-refractivity contribution in [3.8, 4) is 0 Å². The molecule has 0 atom stereocenters. The molecule has 0 radical (unpaired) electrons. The molecule has 0 spiro atoms. The largest absolute Gasteiger partial charge is 0.459 e. The summed E-state index contributed by atoms with van der Waals surface area (Å²) in [4.78, 5) is 20.7. The predicted molar refractivity (Wildman–Crippen MR) is 94.7 cm³/mol. The molecule has 0 unspecified atom stereocenters. The summed E-state index contributed by atoms with van der Waals surface area (Å²) in [6.45, 7) is 5.63. The van der Waals surface area contributed by atoms with Crippen molar-refractivity contribution in [3.05, 3.63) is 30.4 Å². The summed E-state index contributed by atoms with van der Waals surface area (Å²) in [6.07, 6.45) is 6.66. The molecule has 0 aromatic carbocycles. The summed E-state index contributed by atoms with van der Waals surface area (Å²) in [5.74, 6) is 1.65. The van der Waals surface area contributed by atoms with E-state index in [1.165, 1.54) is 19.1 Å². The van der Waals surface area contributed by atoms with Crippen LogP contribution in [0.3, 0.4) is 0 Å². The maximum atomic E-state index is 12.3. The van der Waals surface area contributed by atoms with Crippen molar-refractivity contribution in [2.75, 3.05) is 42.9 Å². The second-order valence-corrected chi connectivity index (χ2v) is 6.03. The number of carbonyl (C=O) groups is 1. The van der Waals surface area contributed by atoms with Gasteiger partial charge < -0.3 is 19.5 Å². The number of rotatable bonds is 7.